The Morgan fingerprint density at radius 1 is 1.27 bits per heavy atom. The van der Waals surface area contributed by atoms with Crippen LogP contribution in [0.4, 0.5) is 5.69 Å². The minimum atomic E-state index is 0. The molecule has 0 aliphatic heterocycles. The second-order valence-electron chi connectivity index (χ2n) is 5.18. The van der Waals surface area contributed by atoms with E-state index in [1.807, 2.05) is 36.5 Å². The number of hydrogen-bond donors (Lipinski definition) is 1. The van der Waals surface area contributed by atoms with Crippen LogP contribution in [0.2, 0.25) is 0 Å². The fourth-order valence-corrected chi connectivity index (χ4v) is 3.14. The molecule has 0 unspecified atom stereocenters. The summed E-state index contributed by atoms with van der Waals surface area (Å²) in [7, 11) is 1.95. The summed E-state index contributed by atoms with van der Waals surface area (Å²) in [5.74, 6) is 1.17. The third kappa shape index (κ3) is 3.01. The van der Waals surface area contributed by atoms with Gasteiger partial charge >= 0.3 is 0 Å². The number of benzene rings is 1. The van der Waals surface area contributed by atoms with Crippen molar-refractivity contribution in [2.75, 3.05) is 23.9 Å². The van der Waals surface area contributed by atoms with Crippen LogP contribution >= 0.6 is 24.2 Å². The van der Waals surface area contributed by atoms with E-state index >= 15 is 0 Å². The van der Waals surface area contributed by atoms with E-state index in [0.29, 0.717) is 0 Å². The topological polar surface area (TPSA) is 42.7 Å². The number of rotatable bonds is 5. The summed E-state index contributed by atoms with van der Waals surface area (Å²) in [5.41, 5.74) is 4.15. The molecule has 0 saturated heterocycles. The Kier molecular flexibility index (Phi) is 5.53. The number of para-hydroxylation sites is 1. The Labute approximate surface area is 141 Å². The number of aromatic nitrogens is 3. The molecule has 0 bridgehead atoms. The summed E-state index contributed by atoms with van der Waals surface area (Å²) in [6, 6.07) is 8.28. The molecule has 1 aromatic carbocycles. The first kappa shape index (κ1) is 16.9. The number of thioether (sulfide) groups is 1. The van der Waals surface area contributed by atoms with E-state index in [2.05, 4.69) is 34.9 Å². The highest BCUT2D eigenvalue weighted by atomic mass is 35.5. The van der Waals surface area contributed by atoms with Crippen LogP contribution in [0.15, 0.2) is 24.3 Å². The molecule has 6 heteroatoms. The lowest BCUT2D eigenvalue weighted by atomic mass is 10.1. The highest BCUT2D eigenvalue weighted by molar-refractivity contribution is 7.98. The van der Waals surface area contributed by atoms with E-state index in [1.54, 1.807) is 0 Å². The standard InChI is InChI=1S/C16H20N4S.ClH/c1-11-14-15(17-9-6-10-21-3)12-7-4-5-8-13(12)18-16(14)20(2)19-11;/h4-5,7-8H,6,9-10H2,1-3H3,(H,17,18);1H. The lowest BCUT2D eigenvalue weighted by Gasteiger charge is -2.11. The second kappa shape index (κ2) is 7.20. The summed E-state index contributed by atoms with van der Waals surface area (Å²) in [4.78, 5) is 4.76. The molecule has 0 radical (unpaired) electrons. The number of nitrogens with one attached hydrogen (secondary N) is 1. The number of nitrogens with zero attached hydrogens (tertiary/aromatic N) is 3. The first-order valence-corrected chi connectivity index (χ1v) is 8.56. The summed E-state index contributed by atoms with van der Waals surface area (Å²) in [6.45, 7) is 3.02. The van der Waals surface area contributed by atoms with Crippen molar-refractivity contribution in [3.63, 3.8) is 0 Å². The minimum Gasteiger partial charge on any atom is -0.384 e. The van der Waals surface area contributed by atoms with E-state index in [1.165, 1.54) is 16.8 Å². The molecular formula is C16H21ClN4S. The predicted molar refractivity (Wildman–Crippen MR) is 99.5 cm³/mol. The molecule has 0 atom stereocenters. The van der Waals surface area contributed by atoms with E-state index in [0.717, 1.165) is 35.2 Å². The fourth-order valence-electron chi connectivity index (χ4n) is 2.71. The molecular weight excluding hydrogens is 316 g/mol. The number of fused-ring (bicyclic) bond motifs is 2. The van der Waals surface area contributed by atoms with Gasteiger partial charge in [0.25, 0.3) is 0 Å². The van der Waals surface area contributed by atoms with Crippen molar-refractivity contribution >= 4 is 51.8 Å². The Balaban J connectivity index is 0.00000176. The quantitative estimate of drug-likeness (QED) is 0.715. The second-order valence-corrected chi connectivity index (χ2v) is 6.17. The molecule has 118 valence electrons. The fraction of sp³-hybridized carbons (Fsp3) is 0.375. The van der Waals surface area contributed by atoms with E-state index in [9.17, 15) is 0 Å². The molecule has 3 aromatic rings. The van der Waals surface area contributed by atoms with Crippen molar-refractivity contribution < 1.29 is 0 Å². The van der Waals surface area contributed by atoms with Crippen molar-refractivity contribution in [3.8, 4) is 0 Å². The Morgan fingerprint density at radius 2 is 2.05 bits per heavy atom. The normalized spacial score (nSPS) is 10.9. The maximum absolute atomic E-state index is 4.76. The first-order chi connectivity index (χ1) is 10.2. The molecule has 0 aliphatic carbocycles. The van der Waals surface area contributed by atoms with Crippen molar-refractivity contribution in [2.45, 2.75) is 13.3 Å². The van der Waals surface area contributed by atoms with Crippen LogP contribution in [0, 0.1) is 6.92 Å². The molecule has 4 nitrogen and oxygen atoms in total. The molecule has 0 aliphatic rings. The van der Waals surface area contributed by atoms with E-state index in [-0.39, 0.29) is 12.4 Å². The van der Waals surface area contributed by atoms with Crippen LogP contribution in [0.25, 0.3) is 21.9 Å². The van der Waals surface area contributed by atoms with Crippen LogP contribution in [-0.4, -0.2) is 33.3 Å². The number of pyridine rings is 1. The zero-order valence-corrected chi connectivity index (χ0v) is 14.7. The van der Waals surface area contributed by atoms with Gasteiger partial charge in [0.1, 0.15) is 0 Å². The van der Waals surface area contributed by atoms with Gasteiger partial charge in [-0.2, -0.15) is 16.9 Å². The van der Waals surface area contributed by atoms with Crippen LogP contribution in [0.3, 0.4) is 0 Å². The lowest BCUT2D eigenvalue weighted by Crippen LogP contribution is -2.04. The summed E-state index contributed by atoms with van der Waals surface area (Å²) in [6.07, 6.45) is 3.30. The monoisotopic (exact) mass is 336 g/mol. The van der Waals surface area contributed by atoms with Gasteiger partial charge in [0, 0.05) is 19.0 Å². The molecule has 3 rings (SSSR count). The SMILES string of the molecule is CSCCCNc1c2ccccc2nc2c1c(C)nn2C.Cl. The Bertz CT molecular complexity index is 785. The predicted octanol–water partition coefficient (Wildman–Crippen LogP) is 4.02. The number of hydrogen-bond acceptors (Lipinski definition) is 4. The highest BCUT2D eigenvalue weighted by Crippen LogP contribution is 2.32. The van der Waals surface area contributed by atoms with Crippen molar-refractivity contribution in [2.24, 2.45) is 7.05 Å². The molecule has 0 amide bonds. The highest BCUT2D eigenvalue weighted by Gasteiger charge is 2.14. The smallest absolute Gasteiger partial charge is 0.160 e. The zero-order chi connectivity index (χ0) is 14.8. The molecule has 2 aromatic heterocycles. The average Bonchev–Trinajstić information content (AvgIpc) is 2.77. The molecule has 1 N–H and O–H groups in total. The van der Waals surface area contributed by atoms with E-state index in [4.69, 9.17) is 4.98 Å². The van der Waals surface area contributed by atoms with Crippen molar-refractivity contribution in [3.05, 3.63) is 30.0 Å². The maximum Gasteiger partial charge on any atom is 0.160 e. The van der Waals surface area contributed by atoms with Gasteiger partial charge in [0.2, 0.25) is 0 Å². The van der Waals surface area contributed by atoms with Gasteiger partial charge in [-0.3, -0.25) is 4.68 Å². The van der Waals surface area contributed by atoms with Crippen LogP contribution in [0.1, 0.15) is 12.1 Å². The van der Waals surface area contributed by atoms with Crippen LogP contribution < -0.4 is 5.32 Å². The van der Waals surface area contributed by atoms with Crippen LogP contribution in [0.5, 0.6) is 0 Å². The van der Waals surface area contributed by atoms with Gasteiger partial charge < -0.3 is 5.32 Å². The van der Waals surface area contributed by atoms with Crippen LogP contribution in [-0.2, 0) is 7.05 Å². The third-order valence-electron chi connectivity index (χ3n) is 3.67. The van der Waals surface area contributed by atoms with Crippen molar-refractivity contribution in [1.82, 2.24) is 14.8 Å². The minimum absolute atomic E-state index is 0. The van der Waals surface area contributed by atoms with E-state index < -0.39 is 0 Å². The molecule has 0 saturated carbocycles. The van der Waals surface area contributed by atoms with Gasteiger partial charge in [-0.25, -0.2) is 4.98 Å². The zero-order valence-electron chi connectivity index (χ0n) is 13.1. The third-order valence-corrected chi connectivity index (χ3v) is 4.37. The van der Waals surface area contributed by atoms with Gasteiger partial charge in [0.15, 0.2) is 5.65 Å². The number of anilines is 1. The molecule has 22 heavy (non-hydrogen) atoms. The Morgan fingerprint density at radius 3 is 2.82 bits per heavy atom. The number of aryl methyl sites for hydroxylation is 2. The summed E-state index contributed by atoms with van der Waals surface area (Å²) in [5, 5.41) is 10.5. The summed E-state index contributed by atoms with van der Waals surface area (Å²) < 4.78 is 1.87. The van der Waals surface area contributed by atoms with Gasteiger partial charge in [-0.05, 0) is 31.4 Å². The van der Waals surface area contributed by atoms with Gasteiger partial charge in [-0.1, -0.05) is 18.2 Å². The largest absolute Gasteiger partial charge is 0.384 e. The molecule has 0 spiro atoms. The molecule has 2 heterocycles. The molecule has 0 fully saturated rings. The lowest BCUT2D eigenvalue weighted by molar-refractivity contribution is 0.775. The number of halogens is 1. The average molecular weight is 337 g/mol. The van der Waals surface area contributed by atoms with Gasteiger partial charge in [0.05, 0.1) is 22.3 Å². The van der Waals surface area contributed by atoms with Gasteiger partial charge in [-0.15, -0.1) is 12.4 Å². The van der Waals surface area contributed by atoms with Crippen molar-refractivity contribution in [1.29, 1.82) is 0 Å². The Hall–Kier alpha value is -1.46. The summed E-state index contributed by atoms with van der Waals surface area (Å²) >= 11 is 1.88. The maximum atomic E-state index is 4.76. The first-order valence-electron chi connectivity index (χ1n) is 7.17.